The monoisotopic (exact) mass is 490 g/mol. The van der Waals surface area contributed by atoms with Crippen LogP contribution in [0, 0.1) is 5.92 Å². The van der Waals surface area contributed by atoms with E-state index in [-0.39, 0.29) is 36.1 Å². The Kier molecular flexibility index (Phi) is 7.78. The maximum absolute atomic E-state index is 13.0. The summed E-state index contributed by atoms with van der Waals surface area (Å²) in [5.74, 6) is -0.640. The molecular weight excluding hydrogens is 460 g/mol. The average Bonchev–Trinajstić information content (AvgIpc) is 2.79. The number of rotatable bonds is 7. The van der Waals surface area contributed by atoms with Crippen LogP contribution >= 0.6 is 0 Å². The number of piperidine rings is 1. The van der Waals surface area contributed by atoms with E-state index >= 15 is 0 Å². The Balaban J connectivity index is 1.80. The summed E-state index contributed by atoms with van der Waals surface area (Å²) in [6.07, 6.45) is 1.08. The van der Waals surface area contributed by atoms with Crippen molar-refractivity contribution in [3.8, 4) is 5.75 Å². The van der Waals surface area contributed by atoms with Crippen molar-refractivity contribution in [2.45, 2.75) is 17.7 Å². The number of amides is 1. The van der Waals surface area contributed by atoms with Gasteiger partial charge in [-0.05, 0) is 31.0 Å². The maximum Gasteiger partial charge on any atom is 0.281 e. The third kappa shape index (κ3) is 5.24. The molecule has 2 aliphatic rings. The lowest BCUT2D eigenvalue weighted by atomic mass is 9.98. The second kappa shape index (κ2) is 10.0. The molecule has 0 spiro atoms. The van der Waals surface area contributed by atoms with Gasteiger partial charge in [0, 0.05) is 40.3 Å². The third-order valence-electron chi connectivity index (χ3n) is 5.58. The zero-order valence-electron chi connectivity index (χ0n) is 18.5. The van der Waals surface area contributed by atoms with Gasteiger partial charge in [-0.1, -0.05) is 0 Å². The van der Waals surface area contributed by atoms with Crippen molar-refractivity contribution in [1.29, 1.82) is 0 Å². The van der Waals surface area contributed by atoms with Gasteiger partial charge in [-0.25, -0.2) is 8.42 Å². The molecule has 0 bridgehead atoms. The van der Waals surface area contributed by atoms with E-state index in [2.05, 4.69) is 5.32 Å². The molecule has 0 saturated carbocycles. The van der Waals surface area contributed by atoms with Crippen molar-refractivity contribution in [3.63, 3.8) is 0 Å². The molecule has 3 rings (SSSR count). The Hall–Kier alpha value is -1.77. The molecular formula is C19H30N4O7S2. The normalized spacial score (nSPS) is 21.4. The van der Waals surface area contributed by atoms with E-state index in [9.17, 15) is 21.6 Å². The van der Waals surface area contributed by atoms with Gasteiger partial charge < -0.3 is 14.8 Å². The van der Waals surface area contributed by atoms with Gasteiger partial charge in [0.25, 0.3) is 10.2 Å². The fourth-order valence-corrected chi connectivity index (χ4v) is 6.34. The number of carbonyl (C=O) groups excluding carboxylic acids is 1. The van der Waals surface area contributed by atoms with Gasteiger partial charge in [-0.3, -0.25) is 4.79 Å². The zero-order chi connectivity index (χ0) is 23.5. The van der Waals surface area contributed by atoms with Crippen LogP contribution in [0.4, 0.5) is 5.69 Å². The van der Waals surface area contributed by atoms with Crippen LogP contribution in [0.1, 0.15) is 12.8 Å². The van der Waals surface area contributed by atoms with Crippen molar-refractivity contribution >= 4 is 31.8 Å². The van der Waals surface area contributed by atoms with Crippen LogP contribution in [-0.4, -0.2) is 96.3 Å². The van der Waals surface area contributed by atoms with Gasteiger partial charge in [-0.15, -0.1) is 0 Å². The van der Waals surface area contributed by atoms with E-state index in [0.29, 0.717) is 38.3 Å². The molecule has 180 valence electrons. The van der Waals surface area contributed by atoms with Crippen molar-refractivity contribution < 1.29 is 31.1 Å². The Labute approximate surface area is 189 Å². The first-order chi connectivity index (χ1) is 15.1. The summed E-state index contributed by atoms with van der Waals surface area (Å²) < 4.78 is 65.1. The second-order valence-corrected chi connectivity index (χ2v) is 11.9. The number of hydrogen-bond donors (Lipinski definition) is 1. The molecule has 2 aliphatic heterocycles. The van der Waals surface area contributed by atoms with Crippen LogP contribution in [0.15, 0.2) is 23.1 Å². The number of benzene rings is 1. The number of carbonyl (C=O) groups is 1. The Bertz CT molecular complexity index is 1040. The van der Waals surface area contributed by atoms with Gasteiger partial charge in [-0.2, -0.15) is 21.3 Å². The van der Waals surface area contributed by atoms with Crippen molar-refractivity contribution in [2.24, 2.45) is 5.92 Å². The lowest BCUT2D eigenvalue weighted by Crippen LogP contribution is -2.47. The van der Waals surface area contributed by atoms with E-state index in [4.69, 9.17) is 9.47 Å². The van der Waals surface area contributed by atoms with Gasteiger partial charge in [0.2, 0.25) is 15.9 Å². The minimum atomic E-state index is -3.75. The molecule has 1 aromatic carbocycles. The minimum Gasteiger partial charge on any atom is -0.495 e. The van der Waals surface area contributed by atoms with Crippen molar-refractivity contribution in [2.75, 3.05) is 65.9 Å². The Morgan fingerprint density at radius 2 is 1.81 bits per heavy atom. The first-order valence-corrected chi connectivity index (χ1v) is 13.2. The fourth-order valence-electron chi connectivity index (χ4n) is 3.71. The van der Waals surface area contributed by atoms with Crippen LogP contribution in [0.5, 0.6) is 5.75 Å². The number of morpholine rings is 1. The van der Waals surface area contributed by atoms with Crippen LogP contribution in [0.25, 0.3) is 0 Å². The molecule has 13 heteroatoms. The van der Waals surface area contributed by atoms with Crippen LogP contribution in [0.3, 0.4) is 0 Å². The van der Waals surface area contributed by atoms with Crippen molar-refractivity contribution in [1.82, 2.24) is 12.9 Å². The van der Waals surface area contributed by atoms with E-state index in [1.807, 2.05) is 0 Å². The summed E-state index contributed by atoms with van der Waals surface area (Å²) in [6.45, 7) is 1.57. The Morgan fingerprint density at radius 1 is 1.12 bits per heavy atom. The van der Waals surface area contributed by atoms with Gasteiger partial charge in [0.05, 0.1) is 36.8 Å². The van der Waals surface area contributed by atoms with Gasteiger partial charge in [0.15, 0.2) is 0 Å². The maximum atomic E-state index is 13.0. The summed E-state index contributed by atoms with van der Waals surface area (Å²) in [6, 6.07) is 4.30. The summed E-state index contributed by atoms with van der Waals surface area (Å²) in [5, 5.41) is 2.74. The molecule has 2 fully saturated rings. The summed E-state index contributed by atoms with van der Waals surface area (Å²) >= 11 is 0. The first-order valence-electron chi connectivity index (χ1n) is 10.3. The molecule has 0 aliphatic carbocycles. The smallest absolute Gasteiger partial charge is 0.281 e. The lowest BCUT2D eigenvalue weighted by Gasteiger charge is -2.32. The standard InChI is InChI=1S/C19H30N4O7S2/c1-21(2)32(27,28)23-8-4-5-15(14-23)19(24)20-17-13-16(6-7-18(17)29-3)31(25,26)22-9-11-30-12-10-22/h6-7,13,15H,4-5,8-12,14H2,1-3H3,(H,20,24). The predicted octanol–water partition coefficient (Wildman–Crippen LogP) is 0.173. The topological polar surface area (TPSA) is 126 Å². The van der Waals surface area contributed by atoms with Gasteiger partial charge >= 0.3 is 0 Å². The number of hydrogen-bond acceptors (Lipinski definition) is 7. The molecule has 1 amide bonds. The van der Waals surface area contributed by atoms with E-state index in [1.54, 1.807) is 0 Å². The van der Waals surface area contributed by atoms with Crippen molar-refractivity contribution in [3.05, 3.63) is 18.2 Å². The molecule has 0 radical (unpaired) electrons. The number of sulfonamides is 1. The molecule has 1 N–H and O–H groups in total. The highest BCUT2D eigenvalue weighted by atomic mass is 32.2. The zero-order valence-corrected chi connectivity index (χ0v) is 20.1. The minimum absolute atomic E-state index is 0.0379. The summed E-state index contributed by atoms with van der Waals surface area (Å²) in [5.41, 5.74) is 0.222. The molecule has 2 saturated heterocycles. The largest absolute Gasteiger partial charge is 0.495 e. The van der Waals surface area contributed by atoms with E-state index < -0.39 is 26.2 Å². The summed E-state index contributed by atoms with van der Waals surface area (Å²) in [4.78, 5) is 13.0. The highest BCUT2D eigenvalue weighted by Crippen LogP contribution is 2.30. The molecule has 2 heterocycles. The molecule has 11 nitrogen and oxygen atoms in total. The molecule has 32 heavy (non-hydrogen) atoms. The molecule has 1 atom stereocenters. The van der Waals surface area contributed by atoms with E-state index in [1.165, 1.54) is 48.0 Å². The highest BCUT2D eigenvalue weighted by molar-refractivity contribution is 7.89. The number of ether oxygens (including phenoxy) is 2. The molecule has 1 unspecified atom stereocenters. The fraction of sp³-hybridized carbons (Fsp3) is 0.632. The highest BCUT2D eigenvalue weighted by Gasteiger charge is 2.34. The number of nitrogens with zero attached hydrogens (tertiary/aromatic N) is 3. The molecule has 0 aromatic heterocycles. The molecule has 1 aromatic rings. The number of anilines is 1. The van der Waals surface area contributed by atoms with E-state index in [0.717, 1.165) is 4.31 Å². The van der Waals surface area contributed by atoms with Crippen LogP contribution in [0.2, 0.25) is 0 Å². The summed E-state index contributed by atoms with van der Waals surface area (Å²) in [7, 11) is -3.06. The predicted molar refractivity (Wildman–Crippen MR) is 118 cm³/mol. The van der Waals surface area contributed by atoms with Gasteiger partial charge in [0.1, 0.15) is 5.75 Å². The quantitative estimate of drug-likeness (QED) is 0.578. The SMILES string of the molecule is COc1ccc(S(=O)(=O)N2CCOCC2)cc1NC(=O)C1CCCN(S(=O)(=O)N(C)C)C1. The third-order valence-corrected chi connectivity index (χ3v) is 9.38. The Morgan fingerprint density at radius 3 is 2.44 bits per heavy atom. The first kappa shape index (κ1) is 24.9. The lowest BCUT2D eigenvalue weighted by molar-refractivity contribution is -0.120. The number of nitrogens with one attached hydrogen (secondary N) is 1. The number of methoxy groups -OCH3 is 1. The average molecular weight is 491 g/mol. The second-order valence-electron chi connectivity index (χ2n) is 7.86. The van der Waals surface area contributed by atoms with Crippen LogP contribution < -0.4 is 10.1 Å². The van der Waals surface area contributed by atoms with Crippen LogP contribution in [-0.2, 0) is 29.8 Å².